The molecule has 0 unspecified atom stereocenters. The van der Waals surface area contributed by atoms with Crippen molar-refractivity contribution < 1.29 is 9.53 Å². The third kappa shape index (κ3) is 5.22. The molecule has 1 aromatic rings. The maximum Gasteiger partial charge on any atom is 0.306 e. The summed E-state index contributed by atoms with van der Waals surface area (Å²) in [6.45, 7) is 2.92. The Bertz CT molecular complexity index is 404. The van der Waals surface area contributed by atoms with E-state index in [4.69, 9.17) is 0 Å². The number of thioether (sulfide) groups is 1. The first-order chi connectivity index (χ1) is 8.67. The van der Waals surface area contributed by atoms with E-state index in [0.717, 1.165) is 22.5 Å². The number of nitrogens with zero attached hydrogens (tertiary/aromatic N) is 2. The van der Waals surface area contributed by atoms with Crippen molar-refractivity contribution in [3.8, 4) is 0 Å². The van der Waals surface area contributed by atoms with Gasteiger partial charge in [0.15, 0.2) is 0 Å². The van der Waals surface area contributed by atoms with Crippen LogP contribution in [0.5, 0.6) is 0 Å². The van der Waals surface area contributed by atoms with E-state index in [1.54, 1.807) is 6.20 Å². The molecule has 0 aliphatic carbocycles. The Morgan fingerprint density at radius 1 is 1.61 bits per heavy atom. The molecule has 1 rings (SSSR count). The van der Waals surface area contributed by atoms with Crippen LogP contribution in [0.15, 0.2) is 15.7 Å². The molecule has 1 heterocycles. The topological polar surface area (TPSA) is 64.1 Å². The predicted octanol–water partition coefficient (Wildman–Crippen LogP) is 2.72. The first kappa shape index (κ1) is 15.2. The average molecular weight is 334 g/mol. The molecule has 0 fully saturated rings. The van der Waals surface area contributed by atoms with Gasteiger partial charge in [0, 0.05) is 18.5 Å². The maximum absolute atomic E-state index is 11.0. The van der Waals surface area contributed by atoms with Crippen LogP contribution in [-0.4, -0.2) is 35.3 Å². The van der Waals surface area contributed by atoms with Crippen molar-refractivity contribution in [2.45, 2.75) is 24.8 Å². The van der Waals surface area contributed by atoms with Crippen molar-refractivity contribution in [1.29, 1.82) is 0 Å². The van der Waals surface area contributed by atoms with Gasteiger partial charge in [-0.3, -0.25) is 4.79 Å². The lowest BCUT2D eigenvalue weighted by molar-refractivity contribution is -0.140. The van der Waals surface area contributed by atoms with Gasteiger partial charge >= 0.3 is 5.97 Å². The molecule has 0 aromatic carbocycles. The molecule has 0 aliphatic rings. The Balaban J connectivity index is 2.55. The molecule has 0 bridgehead atoms. The fraction of sp³-hybridized carbons (Fsp3) is 0.545. The second-order valence-electron chi connectivity index (χ2n) is 3.45. The number of hydrogen-bond acceptors (Lipinski definition) is 6. The third-order valence-corrected chi connectivity index (χ3v) is 3.85. The number of rotatable bonds is 7. The molecular formula is C11H16BrN3O2S. The van der Waals surface area contributed by atoms with Gasteiger partial charge in [-0.2, -0.15) is 0 Å². The Hall–Kier alpha value is -0.820. The van der Waals surface area contributed by atoms with Crippen LogP contribution in [0.2, 0.25) is 0 Å². The van der Waals surface area contributed by atoms with E-state index in [-0.39, 0.29) is 5.97 Å². The van der Waals surface area contributed by atoms with Crippen LogP contribution in [0.1, 0.15) is 19.8 Å². The molecule has 1 aromatic heterocycles. The van der Waals surface area contributed by atoms with Crippen LogP contribution >= 0.6 is 27.7 Å². The number of carbonyl (C=O) groups is 1. The molecule has 0 amide bonds. The summed E-state index contributed by atoms with van der Waals surface area (Å²) in [7, 11) is 1.39. The molecule has 0 aliphatic heterocycles. The second kappa shape index (κ2) is 8.31. The predicted molar refractivity (Wildman–Crippen MR) is 75.9 cm³/mol. The monoisotopic (exact) mass is 333 g/mol. The van der Waals surface area contributed by atoms with Gasteiger partial charge in [0.2, 0.25) is 5.95 Å². The average Bonchev–Trinajstić information content (AvgIpc) is 2.39. The summed E-state index contributed by atoms with van der Waals surface area (Å²) in [5.74, 6) is 1.04. The van der Waals surface area contributed by atoms with E-state index in [1.165, 1.54) is 18.9 Å². The smallest absolute Gasteiger partial charge is 0.306 e. The van der Waals surface area contributed by atoms with Gasteiger partial charge in [0.05, 0.1) is 18.0 Å². The summed E-state index contributed by atoms with van der Waals surface area (Å²) in [6, 6.07) is 0. The molecule has 18 heavy (non-hydrogen) atoms. The van der Waals surface area contributed by atoms with Crippen molar-refractivity contribution in [1.82, 2.24) is 9.97 Å². The van der Waals surface area contributed by atoms with E-state index in [0.29, 0.717) is 18.1 Å². The number of methoxy groups -OCH3 is 1. The number of ether oxygens (including phenoxy) is 1. The van der Waals surface area contributed by atoms with Gasteiger partial charge in [0.1, 0.15) is 5.03 Å². The van der Waals surface area contributed by atoms with Crippen LogP contribution in [0, 0.1) is 0 Å². The van der Waals surface area contributed by atoms with E-state index in [2.05, 4.69) is 42.9 Å². The van der Waals surface area contributed by atoms with Gasteiger partial charge < -0.3 is 10.1 Å². The van der Waals surface area contributed by atoms with Gasteiger partial charge in [0.25, 0.3) is 0 Å². The Kier molecular flexibility index (Phi) is 7.04. The lowest BCUT2D eigenvalue weighted by atomic mass is 10.5. The Morgan fingerprint density at radius 3 is 3.06 bits per heavy atom. The van der Waals surface area contributed by atoms with E-state index in [9.17, 15) is 4.79 Å². The molecular weight excluding hydrogens is 318 g/mol. The molecule has 5 nitrogen and oxygen atoms in total. The van der Waals surface area contributed by atoms with Gasteiger partial charge in [-0.15, -0.1) is 11.8 Å². The zero-order valence-electron chi connectivity index (χ0n) is 10.4. The van der Waals surface area contributed by atoms with Crippen molar-refractivity contribution in [3.05, 3.63) is 10.7 Å². The maximum atomic E-state index is 11.0. The highest BCUT2D eigenvalue weighted by Gasteiger charge is 2.07. The zero-order valence-corrected chi connectivity index (χ0v) is 12.8. The number of anilines is 1. The minimum Gasteiger partial charge on any atom is -0.469 e. The highest BCUT2D eigenvalue weighted by molar-refractivity contribution is 9.10. The van der Waals surface area contributed by atoms with Crippen LogP contribution in [0.3, 0.4) is 0 Å². The number of esters is 1. The van der Waals surface area contributed by atoms with Gasteiger partial charge in [-0.25, -0.2) is 9.97 Å². The first-order valence-electron chi connectivity index (χ1n) is 5.63. The summed E-state index contributed by atoms with van der Waals surface area (Å²) in [6.07, 6.45) is 3.10. The number of hydrogen-bond donors (Lipinski definition) is 1. The Labute approximate surface area is 119 Å². The SMILES string of the molecule is CCCNc1ncc(Br)c(SCCC(=O)OC)n1. The number of aromatic nitrogens is 2. The standard InChI is InChI=1S/C11H16BrN3O2S/c1-3-5-13-11-14-7-8(12)10(15-11)18-6-4-9(16)17-2/h7H,3-6H2,1-2H3,(H,13,14,15). The second-order valence-corrected chi connectivity index (χ2v) is 5.39. The summed E-state index contributed by atoms with van der Waals surface area (Å²) in [5.41, 5.74) is 0. The van der Waals surface area contributed by atoms with Crippen LogP contribution in [0.4, 0.5) is 5.95 Å². The fourth-order valence-corrected chi connectivity index (χ4v) is 2.45. The number of nitrogens with one attached hydrogen (secondary N) is 1. The van der Waals surface area contributed by atoms with E-state index < -0.39 is 0 Å². The summed E-state index contributed by atoms with van der Waals surface area (Å²) in [4.78, 5) is 19.5. The fourth-order valence-electron chi connectivity index (χ4n) is 1.11. The lowest BCUT2D eigenvalue weighted by Crippen LogP contribution is -2.05. The minimum absolute atomic E-state index is 0.211. The summed E-state index contributed by atoms with van der Waals surface area (Å²) < 4.78 is 5.42. The quantitative estimate of drug-likeness (QED) is 0.470. The molecule has 0 saturated carbocycles. The van der Waals surface area contributed by atoms with Crippen LogP contribution < -0.4 is 5.32 Å². The molecule has 0 atom stereocenters. The normalized spacial score (nSPS) is 10.2. The largest absolute Gasteiger partial charge is 0.469 e. The van der Waals surface area contributed by atoms with Gasteiger partial charge in [-0.1, -0.05) is 6.92 Å². The van der Waals surface area contributed by atoms with Crippen molar-refractivity contribution >= 4 is 39.6 Å². The molecule has 0 radical (unpaired) electrons. The Morgan fingerprint density at radius 2 is 2.39 bits per heavy atom. The number of halogens is 1. The molecule has 100 valence electrons. The van der Waals surface area contributed by atoms with Gasteiger partial charge in [-0.05, 0) is 22.4 Å². The van der Waals surface area contributed by atoms with E-state index >= 15 is 0 Å². The highest BCUT2D eigenvalue weighted by atomic mass is 79.9. The van der Waals surface area contributed by atoms with Crippen LogP contribution in [0.25, 0.3) is 0 Å². The third-order valence-electron chi connectivity index (χ3n) is 2.02. The minimum atomic E-state index is -0.211. The van der Waals surface area contributed by atoms with Crippen molar-refractivity contribution in [2.75, 3.05) is 24.7 Å². The highest BCUT2D eigenvalue weighted by Crippen LogP contribution is 2.26. The molecule has 7 heteroatoms. The van der Waals surface area contributed by atoms with Crippen molar-refractivity contribution in [3.63, 3.8) is 0 Å². The number of carbonyl (C=O) groups excluding carboxylic acids is 1. The summed E-state index contributed by atoms with van der Waals surface area (Å²) >= 11 is 4.89. The summed E-state index contributed by atoms with van der Waals surface area (Å²) in [5, 5.41) is 3.95. The molecule has 0 saturated heterocycles. The van der Waals surface area contributed by atoms with Crippen LogP contribution in [-0.2, 0) is 9.53 Å². The molecule has 1 N–H and O–H groups in total. The first-order valence-corrected chi connectivity index (χ1v) is 7.41. The molecule has 0 spiro atoms. The lowest BCUT2D eigenvalue weighted by Gasteiger charge is -2.06. The van der Waals surface area contributed by atoms with E-state index in [1.807, 2.05) is 0 Å². The zero-order chi connectivity index (χ0) is 13.4. The van der Waals surface area contributed by atoms with Crippen molar-refractivity contribution in [2.24, 2.45) is 0 Å².